The van der Waals surface area contributed by atoms with Gasteiger partial charge in [0.15, 0.2) is 0 Å². The lowest BCUT2D eigenvalue weighted by atomic mass is 9.94. The van der Waals surface area contributed by atoms with E-state index in [0.29, 0.717) is 4.90 Å². The summed E-state index contributed by atoms with van der Waals surface area (Å²) >= 11 is 0. The molecule has 2 rings (SSSR count). The minimum absolute atomic E-state index is 0.107. The molecular formula is C14H22N2O2S. The molecule has 2 N–H and O–H groups in total. The highest BCUT2D eigenvalue weighted by atomic mass is 32.2. The summed E-state index contributed by atoms with van der Waals surface area (Å²) in [7, 11) is -1.71. The van der Waals surface area contributed by atoms with Gasteiger partial charge in [-0.25, -0.2) is 8.42 Å². The smallest absolute Gasteiger partial charge is 0.243 e. The van der Waals surface area contributed by atoms with E-state index >= 15 is 0 Å². The average molecular weight is 282 g/mol. The summed E-state index contributed by atoms with van der Waals surface area (Å²) in [5, 5.41) is 0. The van der Waals surface area contributed by atoms with Crippen molar-refractivity contribution in [2.45, 2.75) is 49.6 Å². The average Bonchev–Trinajstić information content (AvgIpc) is 2.35. The van der Waals surface area contributed by atoms with Crippen molar-refractivity contribution in [3.63, 3.8) is 0 Å². The molecule has 0 heterocycles. The summed E-state index contributed by atoms with van der Waals surface area (Å²) in [4.78, 5) is 0.350. The molecule has 1 atom stereocenters. The minimum Gasteiger partial charge on any atom is -0.324 e. The van der Waals surface area contributed by atoms with Gasteiger partial charge >= 0.3 is 0 Å². The van der Waals surface area contributed by atoms with Crippen molar-refractivity contribution in [1.29, 1.82) is 0 Å². The monoisotopic (exact) mass is 282 g/mol. The van der Waals surface area contributed by atoms with Crippen molar-refractivity contribution in [3.8, 4) is 0 Å². The van der Waals surface area contributed by atoms with Gasteiger partial charge in [0.25, 0.3) is 0 Å². The van der Waals surface area contributed by atoms with E-state index in [0.717, 1.165) is 31.2 Å². The second kappa shape index (κ2) is 5.61. The number of hydrogen-bond acceptors (Lipinski definition) is 3. The van der Waals surface area contributed by atoms with Gasteiger partial charge in [-0.2, -0.15) is 4.31 Å². The quantitative estimate of drug-likeness (QED) is 0.901. The molecule has 4 nitrogen and oxygen atoms in total. The van der Waals surface area contributed by atoms with Crippen molar-refractivity contribution in [2.75, 3.05) is 7.05 Å². The summed E-state index contributed by atoms with van der Waals surface area (Å²) in [6, 6.07) is 7.07. The molecule has 0 amide bonds. The standard InChI is InChI=1S/C14H22N2O2S/c1-3-14(15)11-6-4-9-13(10-11)19(17,18)16(2)12-7-5-8-12/h4,6,9-10,12,14H,3,5,7-8,15H2,1-2H3. The van der Waals surface area contributed by atoms with Crippen LogP contribution >= 0.6 is 0 Å². The number of nitrogens with zero attached hydrogens (tertiary/aromatic N) is 1. The van der Waals surface area contributed by atoms with E-state index in [9.17, 15) is 8.42 Å². The third-order valence-electron chi connectivity index (χ3n) is 3.99. The van der Waals surface area contributed by atoms with Crippen molar-refractivity contribution < 1.29 is 8.42 Å². The predicted molar refractivity (Wildman–Crippen MR) is 76.2 cm³/mol. The first-order valence-corrected chi connectivity index (χ1v) is 8.24. The zero-order valence-corrected chi connectivity index (χ0v) is 12.4. The van der Waals surface area contributed by atoms with Gasteiger partial charge in [0, 0.05) is 19.1 Å². The highest BCUT2D eigenvalue weighted by Gasteiger charge is 2.31. The fraction of sp³-hybridized carbons (Fsp3) is 0.571. The van der Waals surface area contributed by atoms with E-state index in [4.69, 9.17) is 5.73 Å². The van der Waals surface area contributed by atoms with Crippen LogP contribution in [0.1, 0.15) is 44.2 Å². The summed E-state index contributed by atoms with van der Waals surface area (Å²) in [5.74, 6) is 0. The van der Waals surface area contributed by atoms with Gasteiger partial charge in [-0.15, -0.1) is 0 Å². The molecule has 1 fully saturated rings. The number of rotatable bonds is 5. The fourth-order valence-electron chi connectivity index (χ4n) is 2.25. The number of hydrogen-bond donors (Lipinski definition) is 1. The molecule has 19 heavy (non-hydrogen) atoms. The SMILES string of the molecule is CCC(N)c1cccc(S(=O)(=O)N(C)C2CCC2)c1. The van der Waals surface area contributed by atoms with Gasteiger partial charge in [0.05, 0.1) is 4.90 Å². The van der Waals surface area contributed by atoms with Crippen LogP contribution in [0, 0.1) is 0 Å². The largest absolute Gasteiger partial charge is 0.324 e. The molecule has 0 radical (unpaired) electrons. The molecule has 106 valence electrons. The molecular weight excluding hydrogens is 260 g/mol. The van der Waals surface area contributed by atoms with Crippen LogP contribution in [0.4, 0.5) is 0 Å². The Kier molecular flexibility index (Phi) is 4.28. The fourth-order valence-corrected chi connectivity index (χ4v) is 3.73. The lowest BCUT2D eigenvalue weighted by Gasteiger charge is -2.33. The van der Waals surface area contributed by atoms with E-state index in [-0.39, 0.29) is 12.1 Å². The van der Waals surface area contributed by atoms with E-state index in [1.165, 1.54) is 4.31 Å². The van der Waals surface area contributed by atoms with E-state index in [1.54, 1.807) is 25.2 Å². The number of nitrogens with two attached hydrogens (primary N) is 1. The Bertz CT molecular complexity index is 538. The van der Waals surface area contributed by atoms with Gasteiger partial charge in [0.1, 0.15) is 0 Å². The molecule has 0 aliphatic heterocycles. The molecule has 0 spiro atoms. The molecule has 1 saturated carbocycles. The maximum atomic E-state index is 12.5. The molecule has 5 heteroatoms. The normalized spacial score (nSPS) is 18.3. The Labute approximate surface area is 115 Å². The molecule has 1 aromatic carbocycles. The Balaban J connectivity index is 2.29. The Hall–Kier alpha value is -0.910. The van der Waals surface area contributed by atoms with Crippen molar-refractivity contribution in [2.24, 2.45) is 5.73 Å². The zero-order chi connectivity index (χ0) is 14.0. The van der Waals surface area contributed by atoms with E-state index in [1.807, 2.05) is 13.0 Å². The third kappa shape index (κ3) is 2.83. The molecule has 1 aliphatic carbocycles. The Morgan fingerprint density at radius 3 is 2.63 bits per heavy atom. The van der Waals surface area contributed by atoms with E-state index < -0.39 is 10.0 Å². The van der Waals surface area contributed by atoms with Crippen molar-refractivity contribution in [1.82, 2.24) is 4.31 Å². The minimum atomic E-state index is -3.39. The van der Waals surface area contributed by atoms with Crippen LogP contribution in [0.25, 0.3) is 0 Å². The van der Waals surface area contributed by atoms with Crippen molar-refractivity contribution in [3.05, 3.63) is 29.8 Å². The predicted octanol–water partition coefficient (Wildman–Crippen LogP) is 2.27. The van der Waals surface area contributed by atoms with Crippen LogP contribution in [-0.2, 0) is 10.0 Å². The maximum absolute atomic E-state index is 12.5. The Morgan fingerprint density at radius 1 is 1.42 bits per heavy atom. The number of sulfonamides is 1. The second-order valence-corrected chi connectivity index (χ2v) is 7.19. The van der Waals surface area contributed by atoms with Crippen LogP contribution < -0.4 is 5.73 Å². The summed E-state index contributed by atoms with van der Waals surface area (Å²) < 4.78 is 26.5. The lowest BCUT2D eigenvalue weighted by molar-refractivity contribution is 0.249. The van der Waals surface area contributed by atoms with Gasteiger partial charge in [-0.05, 0) is 37.0 Å². The zero-order valence-electron chi connectivity index (χ0n) is 11.5. The van der Waals surface area contributed by atoms with Gasteiger partial charge in [-0.1, -0.05) is 25.5 Å². The molecule has 0 aromatic heterocycles. The van der Waals surface area contributed by atoms with Gasteiger partial charge in [-0.3, -0.25) is 0 Å². The van der Waals surface area contributed by atoms with Crippen LogP contribution in [0.15, 0.2) is 29.2 Å². The van der Waals surface area contributed by atoms with Crippen LogP contribution in [0.3, 0.4) is 0 Å². The van der Waals surface area contributed by atoms with Crippen LogP contribution in [0.2, 0.25) is 0 Å². The summed E-state index contributed by atoms with van der Waals surface area (Å²) in [6.45, 7) is 1.99. The summed E-state index contributed by atoms with van der Waals surface area (Å²) in [5.41, 5.74) is 6.85. The Morgan fingerprint density at radius 2 is 2.11 bits per heavy atom. The molecule has 0 bridgehead atoms. The summed E-state index contributed by atoms with van der Waals surface area (Å²) in [6.07, 6.45) is 3.83. The first-order valence-electron chi connectivity index (χ1n) is 6.80. The first kappa shape index (κ1) is 14.5. The van der Waals surface area contributed by atoms with Gasteiger partial charge < -0.3 is 5.73 Å². The van der Waals surface area contributed by atoms with Crippen LogP contribution in [0.5, 0.6) is 0 Å². The highest BCUT2D eigenvalue weighted by molar-refractivity contribution is 7.89. The molecule has 1 unspecified atom stereocenters. The number of benzene rings is 1. The van der Waals surface area contributed by atoms with E-state index in [2.05, 4.69) is 0 Å². The molecule has 1 aliphatic rings. The van der Waals surface area contributed by atoms with Crippen LogP contribution in [-0.4, -0.2) is 25.8 Å². The second-order valence-electron chi connectivity index (χ2n) is 5.19. The third-order valence-corrected chi connectivity index (χ3v) is 5.90. The maximum Gasteiger partial charge on any atom is 0.243 e. The lowest BCUT2D eigenvalue weighted by Crippen LogP contribution is -2.41. The molecule has 1 aromatic rings. The van der Waals surface area contributed by atoms with Gasteiger partial charge in [0.2, 0.25) is 10.0 Å². The molecule has 0 saturated heterocycles. The first-order chi connectivity index (χ1) is 8.96. The van der Waals surface area contributed by atoms with Crippen molar-refractivity contribution >= 4 is 10.0 Å². The highest BCUT2D eigenvalue weighted by Crippen LogP contribution is 2.29. The topological polar surface area (TPSA) is 63.4 Å².